The smallest absolute Gasteiger partial charge is 0.00314 e. The van der Waals surface area contributed by atoms with Gasteiger partial charge >= 0.3 is 0 Å². The van der Waals surface area contributed by atoms with Crippen molar-refractivity contribution in [2.24, 2.45) is 0 Å². The summed E-state index contributed by atoms with van der Waals surface area (Å²) in [5.41, 5.74) is 1.29. The van der Waals surface area contributed by atoms with Crippen LogP contribution in [0.5, 0.6) is 0 Å². The molecule has 1 aromatic rings. The first-order chi connectivity index (χ1) is 6.43. The average Bonchev–Trinajstić information content (AvgIpc) is 2.19. The highest BCUT2D eigenvalue weighted by atomic mass is 79.9. The molecule has 0 unspecified atom stereocenters. The van der Waals surface area contributed by atoms with Crippen LogP contribution in [-0.4, -0.2) is 5.33 Å². The van der Waals surface area contributed by atoms with Crippen LogP contribution in [0.25, 0.3) is 6.08 Å². The van der Waals surface area contributed by atoms with Gasteiger partial charge in [-0.25, -0.2) is 0 Å². The van der Waals surface area contributed by atoms with Crippen LogP contribution in [0.2, 0.25) is 0 Å². The third-order valence-corrected chi connectivity index (χ3v) is 2.43. The van der Waals surface area contributed by atoms with Crippen LogP contribution in [0, 0.1) is 0 Å². The second kappa shape index (κ2) is 6.90. The Morgan fingerprint density at radius 2 is 1.85 bits per heavy atom. The van der Waals surface area contributed by atoms with Crippen LogP contribution < -0.4 is 0 Å². The molecule has 0 saturated heterocycles. The standard InChI is InChI=1S/C12H15Br/c13-11-7-2-1-4-8-12-9-5-3-6-10-12/h3-6,8-10H,1-2,7,11H2. The van der Waals surface area contributed by atoms with E-state index in [0.29, 0.717) is 0 Å². The molecular formula is C12H15Br. The minimum atomic E-state index is 1.12. The van der Waals surface area contributed by atoms with Crippen molar-refractivity contribution >= 4 is 22.0 Å². The second-order valence-electron chi connectivity index (χ2n) is 3.00. The maximum atomic E-state index is 3.42. The van der Waals surface area contributed by atoms with Gasteiger partial charge in [-0.05, 0) is 24.8 Å². The first kappa shape index (κ1) is 10.5. The first-order valence-electron chi connectivity index (χ1n) is 4.71. The van der Waals surface area contributed by atoms with Crippen molar-refractivity contribution in [1.29, 1.82) is 0 Å². The Labute approximate surface area is 88.8 Å². The first-order valence-corrected chi connectivity index (χ1v) is 5.83. The van der Waals surface area contributed by atoms with Crippen molar-refractivity contribution in [2.45, 2.75) is 19.3 Å². The van der Waals surface area contributed by atoms with E-state index in [0.717, 1.165) is 5.33 Å². The number of alkyl halides is 1. The quantitative estimate of drug-likeness (QED) is 0.531. The molecule has 1 rings (SSSR count). The number of allylic oxidation sites excluding steroid dienone is 1. The van der Waals surface area contributed by atoms with E-state index in [-0.39, 0.29) is 0 Å². The van der Waals surface area contributed by atoms with Crippen molar-refractivity contribution in [1.82, 2.24) is 0 Å². The van der Waals surface area contributed by atoms with Crippen molar-refractivity contribution in [3.8, 4) is 0 Å². The zero-order valence-electron chi connectivity index (χ0n) is 7.75. The lowest BCUT2D eigenvalue weighted by Crippen LogP contribution is -1.74. The Morgan fingerprint density at radius 1 is 1.08 bits per heavy atom. The van der Waals surface area contributed by atoms with E-state index in [1.165, 1.54) is 24.8 Å². The van der Waals surface area contributed by atoms with Gasteiger partial charge in [0.15, 0.2) is 0 Å². The zero-order valence-corrected chi connectivity index (χ0v) is 9.33. The predicted octanol–water partition coefficient (Wildman–Crippen LogP) is 4.27. The molecule has 0 atom stereocenters. The Hall–Kier alpha value is -0.560. The van der Waals surface area contributed by atoms with Crippen molar-refractivity contribution in [2.75, 3.05) is 5.33 Å². The highest BCUT2D eigenvalue weighted by Gasteiger charge is 1.84. The van der Waals surface area contributed by atoms with Gasteiger partial charge in [-0.15, -0.1) is 0 Å². The summed E-state index contributed by atoms with van der Waals surface area (Å²) in [6, 6.07) is 10.4. The topological polar surface area (TPSA) is 0 Å². The highest BCUT2D eigenvalue weighted by molar-refractivity contribution is 9.09. The molecular weight excluding hydrogens is 224 g/mol. The third kappa shape index (κ3) is 4.89. The van der Waals surface area contributed by atoms with Gasteiger partial charge < -0.3 is 0 Å². The lowest BCUT2D eigenvalue weighted by molar-refractivity contribution is 0.829. The summed E-state index contributed by atoms with van der Waals surface area (Å²) in [4.78, 5) is 0. The van der Waals surface area contributed by atoms with Gasteiger partial charge in [0.2, 0.25) is 0 Å². The maximum Gasteiger partial charge on any atom is 0.00314 e. The van der Waals surface area contributed by atoms with Gasteiger partial charge in [0, 0.05) is 5.33 Å². The molecule has 0 radical (unpaired) electrons. The Bertz CT molecular complexity index is 239. The minimum absolute atomic E-state index is 1.12. The van der Waals surface area contributed by atoms with E-state index in [4.69, 9.17) is 0 Å². The van der Waals surface area contributed by atoms with Crippen molar-refractivity contribution < 1.29 is 0 Å². The fourth-order valence-electron chi connectivity index (χ4n) is 1.14. The van der Waals surface area contributed by atoms with E-state index < -0.39 is 0 Å². The molecule has 1 heteroatoms. The third-order valence-electron chi connectivity index (χ3n) is 1.86. The van der Waals surface area contributed by atoms with Crippen molar-refractivity contribution in [3.63, 3.8) is 0 Å². The van der Waals surface area contributed by atoms with Crippen LogP contribution in [0.4, 0.5) is 0 Å². The summed E-state index contributed by atoms with van der Waals surface area (Å²) in [7, 11) is 0. The maximum absolute atomic E-state index is 3.42. The average molecular weight is 239 g/mol. The molecule has 0 aliphatic rings. The molecule has 1 aromatic carbocycles. The Kier molecular flexibility index (Phi) is 5.59. The van der Waals surface area contributed by atoms with Gasteiger partial charge in [-0.1, -0.05) is 58.4 Å². The van der Waals surface area contributed by atoms with Crippen LogP contribution in [0.1, 0.15) is 24.8 Å². The molecule has 0 spiro atoms. The van der Waals surface area contributed by atoms with Gasteiger partial charge in [-0.3, -0.25) is 0 Å². The van der Waals surface area contributed by atoms with Crippen LogP contribution in [0.15, 0.2) is 36.4 Å². The molecule has 13 heavy (non-hydrogen) atoms. The van der Waals surface area contributed by atoms with Crippen molar-refractivity contribution in [3.05, 3.63) is 42.0 Å². The number of rotatable bonds is 5. The van der Waals surface area contributed by atoms with Crippen LogP contribution in [0.3, 0.4) is 0 Å². The van der Waals surface area contributed by atoms with E-state index >= 15 is 0 Å². The highest BCUT2D eigenvalue weighted by Crippen LogP contribution is 2.04. The molecule has 0 bridgehead atoms. The van der Waals surface area contributed by atoms with Gasteiger partial charge in [0.05, 0.1) is 0 Å². The largest absolute Gasteiger partial charge is 0.0928 e. The normalized spacial score (nSPS) is 10.8. The molecule has 0 saturated carbocycles. The number of hydrogen-bond donors (Lipinski definition) is 0. The fourth-order valence-corrected chi connectivity index (χ4v) is 1.54. The molecule has 0 aliphatic carbocycles. The monoisotopic (exact) mass is 238 g/mol. The number of unbranched alkanes of at least 4 members (excludes halogenated alkanes) is 2. The van der Waals surface area contributed by atoms with E-state index in [1.807, 2.05) is 6.07 Å². The van der Waals surface area contributed by atoms with E-state index in [2.05, 4.69) is 52.3 Å². The summed E-state index contributed by atoms with van der Waals surface area (Å²) < 4.78 is 0. The summed E-state index contributed by atoms with van der Waals surface area (Å²) in [5, 5.41) is 1.12. The molecule has 0 N–H and O–H groups in total. The van der Waals surface area contributed by atoms with Gasteiger partial charge in [0.25, 0.3) is 0 Å². The SMILES string of the molecule is BrCCCCC=Cc1ccccc1. The summed E-state index contributed by atoms with van der Waals surface area (Å²) in [6.45, 7) is 0. The summed E-state index contributed by atoms with van der Waals surface area (Å²) in [6.07, 6.45) is 8.15. The number of halogens is 1. The lowest BCUT2D eigenvalue weighted by Gasteiger charge is -1.92. The van der Waals surface area contributed by atoms with Gasteiger partial charge in [0.1, 0.15) is 0 Å². The predicted molar refractivity (Wildman–Crippen MR) is 63.1 cm³/mol. The number of benzene rings is 1. The summed E-state index contributed by atoms with van der Waals surface area (Å²) in [5.74, 6) is 0. The van der Waals surface area contributed by atoms with E-state index in [9.17, 15) is 0 Å². The van der Waals surface area contributed by atoms with E-state index in [1.54, 1.807) is 0 Å². The molecule has 0 aliphatic heterocycles. The van der Waals surface area contributed by atoms with Crippen LogP contribution in [-0.2, 0) is 0 Å². The second-order valence-corrected chi connectivity index (χ2v) is 3.79. The van der Waals surface area contributed by atoms with Crippen LogP contribution >= 0.6 is 15.9 Å². The molecule has 70 valence electrons. The number of hydrogen-bond acceptors (Lipinski definition) is 0. The zero-order chi connectivity index (χ0) is 9.36. The molecule has 0 aromatic heterocycles. The summed E-state index contributed by atoms with van der Waals surface area (Å²) >= 11 is 3.42. The lowest BCUT2D eigenvalue weighted by atomic mass is 10.2. The Morgan fingerprint density at radius 3 is 2.54 bits per heavy atom. The molecule has 0 nitrogen and oxygen atoms in total. The fraction of sp³-hybridized carbons (Fsp3) is 0.333. The molecule has 0 amide bonds. The minimum Gasteiger partial charge on any atom is -0.0928 e. The van der Waals surface area contributed by atoms with Gasteiger partial charge in [-0.2, -0.15) is 0 Å². The molecule has 0 fully saturated rings. The Balaban J connectivity index is 2.25. The molecule has 0 heterocycles.